The summed E-state index contributed by atoms with van der Waals surface area (Å²) in [6, 6.07) is 0. The zero-order chi connectivity index (χ0) is 5.11. The van der Waals surface area contributed by atoms with Crippen LogP contribution < -0.4 is 0 Å². The van der Waals surface area contributed by atoms with Crippen LogP contribution in [0.5, 0.6) is 0 Å². The molecule has 0 bridgehead atoms. The van der Waals surface area contributed by atoms with Crippen molar-refractivity contribution in [1.29, 1.82) is 0 Å². The first-order valence-electron chi connectivity index (χ1n) is 2.66. The predicted octanol–water partition coefficient (Wildman–Crippen LogP) is -0.432. The van der Waals surface area contributed by atoms with Crippen LogP contribution in [0.15, 0.2) is 0 Å². The van der Waals surface area contributed by atoms with Crippen LogP contribution in [0.4, 0.5) is 0 Å². The number of morpholine rings is 1. The van der Waals surface area contributed by atoms with Crippen molar-refractivity contribution in [1.82, 2.24) is 4.90 Å². The molecule has 1 radical (unpaired) electrons. The van der Waals surface area contributed by atoms with Gasteiger partial charge in [-0.05, 0) is 7.05 Å². The topological polar surface area (TPSA) is 12.5 Å². The van der Waals surface area contributed by atoms with Crippen LogP contribution in [-0.2, 0) is 4.74 Å². The molecule has 1 fully saturated rings. The number of hydrogen-bond acceptors (Lipinski definition) is 2. The fraction of sp³-hybridized carbons (Fsp3) is 1.00. The molecular formula is C5H11KNO. The molecule has 0 aromatic rings. The van der Waals surface area contributed by atoms with Crippen LogP contribution in [0, 0.1) is 0 Å². The van der Waals surface area contributed by atoms with E-state index < -0.39 is 0 Å². The van der Waals surface area contributed by atoms with Gasteiger partial charge in [-0.2, -0.15) is 0 Å². The first-order valence-corrected chi connectivity index (χ1v) is 2.66. The summed E-state index contributed by atoms with van der Waals surface area (Å²) in [5, 5.41) is 0. The molecule has 1 aliphatic heterocycles. The van der Waals surface area contributed by atoms with Gasteiger partial charge in [0.2, 0.25) is 0 Å². The van der Waals surface area contributed by atoms with Crippen molar-refractivity contribution >= 4 is 51.4 Å². The van der Waals surface area contributed by atoms with Gasteiger partial charge in [0.25, 0.3) is 0 Å². The van der Waals surface area contributed by atoms with Crippen molar-refractivity contribution < 1.29 is 4.74 Å². The van der Waals surface area contributed by atoms with Gasteiger partial charge in [0.05, 0.1) is 13.2 Å². The molecule has 0 aromatic carbocycles. The maximum Gasteiger partial charge on any atom is 0.0594 e. The fourth-order valence-corrected chi connectivity index (χ4v) is 0.655. The molecule has 0 aromatic heterocycles. The van der Waals surface area contributed by atoms with Crippen LogP contribution in [-0.4, -0.2) is 89.6 Å². The molecule has 8 heavy (non-hydrogen) atoms. The van der Waals surface area contributed by atoms with Crippen LogP contribution in [0.25, 0.3) is 0 Å². The summed E-state index contributed by atoms with van der Waals surface area (Å²) in [6.45, 7) is 4.02. The summed E-state index contributed by atoms with van der Waals surface area (Å²) >= 11 is 0. The third-order valence-corrected chi connectivity index (χ3v) is 1.23. The van der Waals surface area contributed by atoms with E-state index in [0.29, 0.717) is 0 Å². The minimum atomic E-state index is 0. The Balaban J connectivity index is 0.000000490. The van der Waals surface area contributed by atoms with E-state index in [9.17, 15) is 0 Å². The van der Waals surface area contributed by atoms with E-state index in [2.05, 4.69) is 11.9 Å². The van der Waals surface area contributed by atoms with Gasteiger partial charge in [-0.3, -0.25) is 0 Å². The van der Waals surface area contributed by atoms with E-state index in [1.807, 2.05) is 0 Å². The number of hydrogen-bond donors (Lipinski definition) is 0. The van der Waals surface area contributed by atoms with Gasteiger partial charge >= 0.3 is 0 Å². The number of nitrogens with zero attached hydrogens (tertiary/aromatic N) is 1. The van der Waals surface area contributed by atoms with Gasteiger partial charge in [-0.15, -0.1) is 0 Å². The minimum Gasteiger partial charge on any atom is -0.379 e. The SMILES string of the molecule is CN1CCOCC1.[K]. The van der Waals surface area contributed by atoms with Crippen molar-refractivity contribution in [3.05, 3.63) is 0 Å². The Morgan fingerprint density at radius 2 is 1.75 bits per heavy atom. The molecule has 1 heterocycles. The second-order valence-corrected chi connectivity index (χ2v) is 1.92. The van der Waals surface area contributed by atoms with Gasteiger partial charge in [0, 0.05) is 64.5 Å². The zero-order valence-electron chi connectivity index (χ0n) is 5.68. The molecule has 2 nitrogen and oxygen atoms in total. The summed E-state index contributed by atoms with van der Waals surface area (Å²) in [4.78, 5) is 2.27. The Kier molecular flexibility index (Phi) is 6.39. The van der Waals surface area contributed by atoms with Crippen LogP contribution in [0.1, 0.15) is 0 Å². The van der Waals surface area contributed by atoms with E-state index in [4.69, 9.17) is 4.74 Å². The third-order valence-electron chi connectivity index (χ3n) is 1.23. The molecule has 0 spiro atoms. The molecule has 1 saturated heterocycles. The summed E-state index contributed by atoms with van der Waals surface area (Å²) in [7, 11) is 2.11. The Morgan fingerprint density at radius 3 is 2.00 bits per heavy atom. The maximum atomic E-state index is 5.10. The normalized spacial score (nSPS) is 22.1. The maximum absolute atomic E-state index is 5.10. The molecule has 0 saturated carbocycles. The van der Waals surface area contributed by atoms with Crippen molar-refractivity contribution in [3.63, 3.8) is 0 Å². The largest absolute Gasteiger partial charge is 0.379 e. The van der Waals surface area contributed by atoms with Gasteiger partial charge in [0.1, 0.15) is 0 Å². The first-order chi connectivity index (χ1) is 3.39. The molecular weight excluding hydrogens is 129 g/mol. The van der Waals surface area contributed by atoms with E-state index in [0.717, 1.165) is 26.3 Å². The summed E-state index contributed by atoms with van der Waals surface area (Å²) < 4.78 is 5.10. The number of rotatable bonds is 0. The Bertz CT molecular complexity index is 54.4. The molecule has 1 aliphatic rings. The Labute approximate surface area is 93.0 Å². The van der Waals surface area contributed by atoms with Gasteiger partial charge in [-0.25, -0.2) is 0 Å². The van der Waals surface area contributed by atoms with E-state index >= 15 is 0 Å². The predicted molar refractivity (Wildman–Crippen MR) is 34.1 cm³/mol. The molecule has 1 rings (SSSR count). The first kappa shape index (κ1) is 9.56. The molecule has 0 unspecified atom stereocenters. The van der Waals surface area contributed by atoms with Crippen molar-refractivity contribution in [2.45, 2.75) is 0 Å². The van der Waals surface area contributed by atoms with Crippen molar-refractivity contribution in [2.24, 2.45) is 0 Å². The van der Waals surface area contributed by atoms with Gasteiger partial charge in [-0.1, -0.05) is 0 Å². The number of likely N-dealkylation sites (N-methyl/N-ethyl adjacent to an activating group) is 1. The van der Waals surface area contributed by atoms with E-state index in [1.54, 1.807) is 0 Å². The summed E-state index contributed by atoms with van der Waals surface area (Å²) in [6.07, 6.45) is 0. The zero-order valence-corrected chi connectivity index (χ0v) is 8.81. The van der Waals surface area contributed by atoms with Crippen LogP contribution in [0.3, 0.4) is 0 Å². The van der Waals surface area contributed by atoms with Crippen molar-refractivity contribution in [2.75, 3.05) is 33.4 Å². The smallest absolute Gasteiger partial charge is 0.0594 e. The second kappa shape index (κ2) is 5.35. The van der Waals surface area contributed by atoms with Gasteiger partial charge < -0.3 is 9.64 Å². The fourth-order valence-electron chi connectivity index (χ4n) is 0.655. The van der Waals surface area contributed by atoms with Gasteiger partial charge in [0.15, 0.2) is 0 Å². The average Bonchev–Trinajstić information content (AvgIpc) is 1.69. The van der Waals surface area contributed by atoms with Crippen LogP contribution in [0.2, 0.25) is 0 Å². The molecule has 43 valence electrons. The third kappa shape index (κ3) is 3.56. The monoisotopic (exact) mass is 140 g/mol. The molecule has 0 atom stereocenters. The standard InChI is InChI=1S/C5H11NO.K/c1-6-2-4-7-5-3-6;/h2-5H2,1H3;. The van der Waals surface area contributed by atoms with E-state index in [1.165, 1.54) is 0 Å². The summed E-state index contributed by atoms with van der Waals surface area (Å²) in [5.74, 6) is 0. The minimum absolute atomic E-state index is 0. The quantitative estimate of drug-likeness (QED) is 0.423. The molecule has 0 N–H and O–H groups in total. The Morgan fingerprint density at radius 1 is 1.25 bits per heavy atom. The Hall–Kier alpha value is 1.56. The van der Waals surface area contributed by atoms with Crippen molar-refractivity contribution in [3.8, 4) is 0 Å². The molecule has 0 amide bonds. The summed E-state index contributed by atoms with van der Waals surface area (Å²) in [5.41, 5.74) is 0. The average molecular weight is 140 g/mol. The molecule has 0 aliphatic carbocycles. The second-order valence-electron chi connectivity index (χ2n) is 1.92. The van der Waals surface area contributed by atoms with E-state index in [-0.39, 0.29) is 51.4 Å². The molecule has 3 heteroatoms. The van der Waals surface area contributed by atoms with Crippen LogP contribution >= 0.6 is 0 Å². The number of ether oxygens (including phenoxy) is 1.